The Morgan fingerprint density at radius 3 is 2.83 bits per heavy atom. The monoisotopic (exact) mass is 511 g/mol. The van der Waals surface area contributed by atoms with Crippen LogP contribution in [0.3, 0.4) is 0 Å². The summed E-state index contributed by atoms with van der Waals surface area (Å²) in [6.45, 7) is 4.80. The molecule has 1 unspecified atom stereocenters. The number of rotatable bonds is 12. The van der Waals surface area contributed by atoms with Crippen LogP contribution in [-0.4, -0.2) is 81.5 Å². The highest BCUT2D eigenvalue weighted by molar-refractivity contribution is 6.32. The van der Waals surface area contributed by atoms with Crippen LogP contribution in [0, 0.1) is 5.82 Å². The second kappa shape index (κ2) is 11.9. The standard InChI is InChI=1S/C23H27ClFN3O7/c1-26-22-17(27-12-35-19-11-33-20-18(29)10-32-21(19)20)8-15(24)23(28-22)34-9-13-3-4-14(7-16(13)25)31-6-5-30-2/h3-4,7-8,18-21,27,29H,1,5-6,9-12H2,2H3/t18-,19-,20-,21?/m1/s1. The zero-order chi connectivity index (χ0) is 24.8. The number of methoxy groups -OCH3 is 1. The van der Waals surface area contributed by atoms with E-state index in [1.54, 1.807) is 25.3 Å². The lowest BCUT2D eigenvalue weighted by molar-refractivity contribution is -0.0311. The Bertz CT molecular complexity index is 1030. The van der Waals surface area contributed by atoms with Gasteiger partial charge in [0, 0.05) is 18.7 Å². The van der Waals surface area contributed by atoms with E-state index in [1.807, 2.05) is 0 Å². The van der Waals surface area contributed by atoms with Crippen LogP contribution in [0.2, 0.25) is 5.02 Å². The van der Waals surface area contributed by atoms with E-state index in [9.17, 15) is 9.50 Å². The molecule has 1 aromatic carbocycles. The fraction of sp³-hybridized carbons (Fsp3) is 0.478. The lowest BCUT2D eigenvalue weighted by Crippen LogP contribution is -2.33. The van der Waals surface area contributed by atoms with Crippen LogP contribution in [0.5, 0.6) is 11.6 Å². The number of nitrogens with one attached hydrogen (secondary N) is 1. The fourth-order valence-corrected chi connectivity index (χ4v) is 3.96. The van der Waals surface area contributed by atoms with Gasteiger partial charge in [0.15, 0.2) is 5.82 Å². The van der Waals surface area contributed by atoms with Crippen molar-refractivity contribution in [1.29, 1.82) is 0 Å². The molecule has 3 heterocycles. The molecule has 4 atom stereocenters. The maximum Gasteiger partial charge on any atom is 0.235 e. The zero-order valence-corrected chi connectivity index (χ0v) is 19.9. The third kappa shape index (κ3) is 6.18. The second-order valence-corrected chi connectivity index (χ2v) is 8.28. The smallest absolute Gasteiger partial charge is 0.235 e. The molecule has 0 aliphatic carbocycles. The van der Waals surface area contributed by atoms with E-state index >= 15 is 0 Å². The predicted molar refractivity (Wildman–Crippen MR) is 125 cm³/mol. The Labute approximate surface area is 206 Å². The van der Waals surface area contributed by atoms with Gasteiger partial charge in [0.25, 0.3) is 0 Å². The molecule has 0 bridgehead atoms. The van der Waals surface area contributed by atoms with Crippen molar-refractivity contribution in [3.8, 4) is 11.6 Å². The van der Waals surface area contributed by atoms with Gasteiger partial charge in [-0.2, -0.15) is 4.98 Å². The van der Waals surface area contributed by atoms with Crippen LogP contribution in [0.15, 0.2) is 29.3 Å². The molecule has 12 heteroatoms. The number of hydrogen-bond acceptors (Lipinski definition) is 10. The highest BCUT2D eigenvalue weighted by Crippen LogP contribution is 2.34. The summed E-state index contributed by atoms with van der Waals surface area (Å²) in [7, 11) is 1.56. The number of benzene rings is 1. The largest absolute Gasteiger partial charge is 0.491 e. The van der Waals surface area contributed by atoms with Gasteiger partial charge in [-0.3, -0.25) is 0 Å². The zero-order valence-electron chi connectivity index (χ0n) is 19.1. The van der Waals surface area contributed by atoms with Crippen LogP contribution in [0.1, 0.15) is 5.56 Å². The molecule has 0 spiro atoms. The van der Waals surface area contributed by atoms with E-state index in [4.69, 9.17) is 40.0 Å². The molecule has 2 N–H and O–H groups in total. The molecule has 1 aromatic heterocycles. The number of aromatic nitrogens is 1. The number of nitrogens with zero attached hydrogens (tertiary/aromatic N) is 2. The number of aliphatic hydroxyl groups is 1. The number of aliphatic imine (C=N–C) groups is 1. The molecule has 2 aromatic rings. The first-order valence-electron chi connectivity index (χ1n) is 11.0. The topological polar surface area (TPSA) is 113 Å². The molecule has 0 amide bonds. The van der Waals surface area contributed by atoms with Crippen LogP contribution in [-0.2, 0) is 25.6 Å². The Balaban J connectivity index is 1.32. The molecular weight excluding hydrogens is 485 g/mol. The number of hydrogen-bond donors (Lipinski definition) is 2. The molecule has 0 saturated carbocycles. The van der Waals surface area contributed by atoms with Gasteiger partial charge in [0.05, 0.1) is 25.5 Å². The summed E-state index contributed by atoms with van der Waals surface area (Å²) in [5.74, 6) is 0.236. The first-order valence-corrected chi connectivity index (χ1v) is 11.3. The highest BCUT2D eigenvalue weighted by Gasteiger charge is 2.47. The first kappa shape index (κ1) is 25.5. The summed E-state index contributed by atoms with van der Waals surface area (Å²) in [6.07, 6.45) is -1.65. The van der Waals surface area contributed by atoms with Crippen LogP contribution >= 0.6 is 11.6 Å². The molecule has 35 heavy (non-hydrogen) atoms. The van der Waals surface area contributed by atoms with E-state index in [0.717, 1.165) is 0 Å². The molecule has 2 saturated heterocycles. The average Bonchev–Trinajstić information content (AvgIpc) is 3.42. The Morgan fingerprint density at radius 2 is 2.06 bits per heavy atom. The van der Waals surface area contributed by atoms with Crippen molar-refractivity contribution in [1.82, 2.24) is 4.98 Å². The minimum Gasteiger partial charge on any atom is -0.491 e. The van der Waals surface area contributed by atoms with E-state index < -0.39 is 11.9 Å². The number of ether oxygens (including phenoxy) is 6. The second-order valence-electron chi connectivity index (χ2n) is 7.88. The maximum absolute atomic E-state index is 14.4. The summed E-state index contributed by atoms with van der Waals surface area (Å²) in [4.78, 5) is 8.18. The van der Waals surface area contributed by atoms with Crippen molar-refractivity contribution < 1.29 is 37.9 Å². The maximum atomic E-state index is 14.4. The predicted octanol–water partition coefficient (Wildman–Crippen LogP) is 2.72. The van der Waals surface area contributed by atoms with E-state index in [-0.39, 0.29) is 55.0 Å². The fourth-order valence-electron chi connectivity index (χ4n) is 3.75. The molecule has 10 nitrogen and oxygen atoms in total. The van der Waals surface area contributed by atoms with Gasteiger partial charge in [-0.1, -0.05) is 11.6 Å². The average molecular weight is 512 g/mol. The SMILES string of the molecule is C=Nc1nc(OCc2ccc(OCCOC)cc2F)c(Cl)cc1NCO[C@@H]1CO[C@H]2C1OC[C@H]2O. The Hall–Kier alpha value is -2.54. The Morgan fingerprint density at radius 1 is 1.23 bits per heavy atom. The van der Waals surface area contributed by atoms with Crippen molar-refractivity contribution >= 4 is 29.8 Å². The highest BCUT2D eigenvalue weighted by atomic mass is 35.5. The van der Waals surface area contributed by atoms with E-state index in [2.05, 4.69) is 22.0 Å². The van der Waals surface area contributed by atoms with E-state index in [1.165, 1.54) is 6.07 Å². The molecule has 4 rings (SSSR count). The summed E-state index contributed by atoms with van der Waals surface area (Å²) in [5, 5.41) is 13.1. The number of fused-ring (bicyclic) bond motifs is 1. The number of pyridine rings is 1. The van der Waals surface area contributed by atoms with Crippen LogP contribution in [0.25, 0.3) is 0 Å². The summed E-state index contributed by atoms with van der Waals surface area (Å²) < 4.78 is 47.2. The van der Waals surface area contributed by atoms with Crippen molar-refractivity contribution in [3.63, 3.8) is 0 Å². The number of aliphatic hydroxyl groups excluding tert-OH is 1. The molecule has 0 radical (unpaired) electrons. The summed E-state index contributed by atoms with van der Waals surface area (Å²) >= 11 is 6.33. The van der Waals surface area contributed by atoms with Crippen molar-refractivity contribution in [2.24, 2.45) is 4.99 Å². The van der Waals surface area contributed by atoms with Crippen LogP contribution < -0.4 is 14.8 Å². The van der Waals surface area contributed by atoms with Gasteiger partial charge in [0.2, 0.25) is 5.88 Å². The lowest BCUT2D eigenvalue weighted by atomic mass is 10.1. The Kier molecular flexibility index (Phi) is 8.71. The van der Waals surface area contributed by atoms with Gasteiger partial charge in [-0.05, 0) is 24.9 Å². The van der Waals surface area contributed by atoms with Gasteiger partial charge in [-0.25, -0.2) is 9.38 Å². The molecule has 2 fully saturated rings. The van der Waals surface area contributed by atoms with Gasteiger partial charge < -0.3 is 38.8 Å². The quantitative estimate of drug-likeness (QED) is 0.252. The summed E-state index contributed by atoms with van der Waals surface area (Å²) in [6, 6.07) is 6.06. The third-order valence-electron chi connectivity index (χ3n) is 5.56. The van der Waals surface area contributed by atoms with Crippen LogP contribution in [0.4, 0.5) is 15.9 Å². The third-order valence-corrected chi connectivity index (χ3v) is 5.83. The van der Waals surface area contributed by atoms with Crippen molar-refractivity contribution in [2.75, 3.05) is 45.6 Å². The first-order chi connectivity index (χ1) is 17.0. The number of halogens is 2. The minimum atomic E-state index is -0.644. The van der Waals surface area contributed by atoms with Gasteiger partial charge >= 0.3 is 0 Å². The van der Waals surface area contributed by atoms with Crippen molar-refractivity contribution in [2.45, 2.75) is 31.0 Å². The molecular formula is C23H27ClFN3O7. The molecule has 2 aliphatic rings. The van der Waals surface area contributed by atoms with Gasteiger partial charge in [-0.15, -0.1) is 0 Å². The summed E-state index contributed by atoms with van der Waals surface area (Å²) in [5.41, 5.74) is 0.783. The minimum absolute atomic E-state index is 0.0840. The lowest BCUT2D eigenvalue weighted by Gasteiger charge is -2.18. The van der Waals surface area contributed by atoms with Gasteiger partial charge in [0.1, 0.15) is 60.9 Å². The molecule has 2 aliphatic heterocycles. The normalized spacial score (nSPS) is 23.2. The molecule has 190 valence electrons. The number of anilines is 1. The van der Waals surface area contributed by atoms with Crippen molar-refractivity contribution in [3.05, 3.63) is 40.7 Å². The van der Waals surface area contributed by atoms with E-state index in [0.29, 0.717) is 36.8 Å².